The van der Waals surface area contributed by atoms with Crippen molar-refractivity contribution in [3.63, 3.8) is 0 Å². The number of amides is 1. The van der Waals surface area contributed by atoms with E-state index in [1.165, 1.54) is 0 Å². The zero-order valence-electron chi connectivity index (χ0n) is 11.1. The van der Waals surface area contributed by atoms with Gasteiger partial charge in [-0.3, -0.25) is 14.5 Å². The van der Waals surface area contributed by atoms with Crippen molar-refractivity contribution in [2.75, 3.05) is 5.75 Å². The molecule has 0 radical (unpaired) electrons. The Balaban J connectivity index is 2.10. The van der Waals surface area contributed by atoms with Crippen LogP contribution in [0.1, 0.15) is 17.3 Å². The number of hydrogen-bond acceptors (Lipinski definition) is 4. The predicted octanol–water partition coefficient (Wildman–Crippen LogP) is 1.50. The van der Waals surface area contributed by atoms with Crippen LogP contribution in [0.3, 0.4) is 0 Å². The molecule has 1 fully saturated rings. The average Bonchev–Trinajstić information content (AvgIpc) is 2.45. The van der Waals surface area contributed by atoms with Gasteiger partial charge in [-0.05, 0) is 12.5 Å². The number of β-lactam (4-membered cyclic amide) rings is 1. The van der Waals surface area contributed by atoms with E-state index >= 15 is 0 Å². The molecule has 2 aliphatic heterocycles. The third-order valence-corrected chi connectivity index (χ3v) is 6.96. The summed E-state index contributed by atoms with van der Waals surface area (Å²) in [6.45, 7) is 1.58. The van der Waals surface area contributed by atoms with Crippen LogP contribution in [-0.2, 0) is 14.6 Å². The summed E-state index contributed by atoms with van der Waals surface area (Å²) in [6, 6.07) is 8.54. The van der Waals surface area contributed by atoms with Crippen molar-refractivity contribution in [1.82, 2.24) is 4.90 Å². The van der Waals surface area contributed by atoms with Crippen molar-refractivity contribution in [3.8, 4) is 0 Å². The Morgan fingerprint density at radius 2 is 1.90 bits per heavy atom. The van der Waals surface area contributed by atoms with Crippen molar-refractivity contribution >= 4 is 37.5 Å². The molecule has 0 N–H and O–H groups in total. The van der Waals surface area contributed by atoms with Gasteiger partial charge in [0.05, 0.1) is 11.4 Å². The van der Waals surface area contributed by atoms with Gasteiger partial charge < -0.3 is 0 Å². The Bertz CT molecular complexity index is 769. The van der Waals surface area contributed by atoms with Gasteiger partial charge in [-0.1, -0.05) is 46.3 Å². The lowest BCUT2D eigenvalue weighted by Crippen LogP contribution is -2.67. The number of halogens is 1. The molecule has 1 amide bonds. The van der Waals surface area contributed by atoms with Crippen molar-refractivity contribution in [3.05, 3.63) is 47.2 Å². The lowest BCUT2D eigenvalue weighted by Gasteiger charge is -2.47. The fraction of sp³-hybridized carbons (Fsp3) is 0.286. The van der Waals surface area contributed by atoms with E-state index in [0.29, 0.717) is 11.1 Å². The summed E-state index contributed by atoms with van der Waals surface area (Å²) in [7, 11) is -3.46. The SMILES string of the molecule is CC1=C(C(=O)c2ccccc2)N2C(=O)C(Br)[C@H]2S(=O)(=O)C1. The molecule has 1 saturated heterocycles. The van der Waals surface area contributed by atoms with Crippen molar-refractivity contribution in [2.45, 2.75) is 17.1 Å². The van der Waals surface area contributed by atoms with Gasteiger partial charge in [0.2, 0.25) is 11.7 Å². The molecule has 2 atom stereocenters. The molecule has 0 saturated carbocycles. The summed E-state index contributed by atoms with van der Waals surface area (Å²) in [5, 5.41) is -0.976. The number of benzene rings is 1. The molecule has 5 nitrogen and oxygen atoms in total. The van der Waals surface area contributed by atoms with Gasteiger partial charge in [-0.15, -0.1) is 0 Å². The van der Waals surface area contributed by atoms with Crippen LogP contribution in [0.15, 0.2) is 41.6 Å². The minimum Gasteiger partial charge on any atom is -0.288 e. The molecule has 1 aromatic carbocycles. The summed E-state index contributed by atoms with van der Waals surface area (Å²) in [5.74, 6) is -0.903. The molecule has 2 aliphatic rings. The van der Waals surface area contributed by atoms with Gasteiger partial charge in [-0.2, -0.15) is 0 Å². The zero-order valence-corrected chi connectivity index (χ0v) is 13.5. The second-order valence-corrected chi connectivity index (χ2v) is 8.22. The third-order valence-electron chi connectivity index (χ3n) is 3.66. The highest BCUT2D eigenvalue weighted by Crippen LogP contribution is 2.40. The summed E-state index contributed by atoms with van der Waals surface area (Å²) in [5.41, 5.74) is 1.05. The molecular weight excluding hydrogens is 358 g/mol. The summed E-state index contributed by atoms with van der Waals surface area (Å²) >= 11 is 3.09. The van der Waals surface area contributed by atoms with Gasteiger partial charge in [0.15, 0.2) is 15.2 Å². The number of ketones is 1. The molecular formula is C14H12BrNO4S. The number of carbonyl (C=O) groups excluding carboxylic acids is 2. The number of alkyl halides is 1. The molecule has 0 aliphatic carbocycles. The topological polar surface area (TPSA) is 71.5 Å². The maximum Gasteiger partial charge on any atom is 0.245 e. The van der Waals surface area contributed by atoms with Crippen LogP contribution in [0.4, 0.5) is 0 Å². The molecule has 2 heterocycles. The molecule has 7 heteroatoms. The second-order valence-electron chi connectivity index (χ2n) is 5.13. The maximum absolute atomic E-state index is 12.6. The molecule has 1 aromatic rings. The first-order valence-electron chi connectivity index (χ1n) is 6.33. The Morgan fingerprint density at radius 3 is 2.52 bits per heavy atom. The highest BCUT2D eigenvalue weighted by Gasteiger charge is 2.58. The number of rotatable bonds is 2. The van der Waals surface area contributed by atoms with Crippen LogP contribution in [0.25, 0.3) is 0 Å². The Morgan fingerprint density at radius 1 is 1.29 bits per heavy atom. The molecule has 1 unspecified atom stereocenters. The molecule has 110 valence electrons. The van der Waals surface area contributed by atoms with Gasteiger partial charge in [-0.25, -0.2) is 8.42 Å². The highest BCUT2D eigenvalue weighted by molar-refractivity contribution is 9.10. The minimum atomic E-state index is -3.46. The van der Waals surface area contributed by atoms with Gasteiger partial charge in [0, 0.05) is 5.56 Å². The average molecular weight is 370 g/mol. The zero-order chi connectivity index (χ0) is 15.4. The molecule has 21 heavy (non-hydrogen) atoms. The van der Waals surface area contributed by atoms with Crippen molar-refractivity contribution in [2.24, 2.45) is 0 Å². The van der Waals surface area contributed by atoms with Gasteiger partial charge >= 0.3 is 0 Å². The molecule has 3 rings (SSSR count). The Labute approximate surface area is 130 Å². The van der Waals surface area contributed by atoms with E-state index in [2.05, 4.69) is 15.9 Å². The number of allylic oxidation sites excluding steroid dienone is 1. The lowest BCUT2D eigenvalue weighted by molar-refractivity contribution is -0.137. The fourth-order valence-corrected chi connectivity index (χ4v) is 6.07. The van der Waals surface area contributed by atoms with E-state index in [-0.39, 0.29) is 23.1 Å². The maximum atomic E-state index is 12.6. The normalized spacial score (nSPS) is 27.1. The van der Waals surface area contributed by atoms with Crippen LogP contribution in [0, 0.1) is 0 Å². The van der Waals surface area contributed by atoms with E-state index in [1.54, 1.807) is 37.3 Å². The smallest absolute Gasteiger partial charge is 0.245 e. The Hall–Kier alpha value is -1.47. The fourth-order valence-electron chi connectivity index (χ4n) is 2.70. The highest BCUT2D eigenvalue weighted by atomic mass is 79.9. The second kappa shape index (κ2) is 4.78. The van der Waals surface area contributed by atoms with Crippen LogP contribution in [0.5, 0.6) is 0 Å². The van der Waals surface area contributed by atoms with Crippen LogP contribution >= 0.6 is 15.9 Å². The molecule has 0 spiro atoms. The number of Topliss-reactive ketones (excluding diaryl/α,β-unsaturated/α-hetero) is 1. The summed E-state index contributed by atoms with van der Waals surface area (Å²) in [4.78, 5) is 24.9. The van der Waals surface area contributed by atoms with Crippen LogP contribution < -0.4 is 0 Å². The lowest BCUT2D eigenvalue weighted by atomic mass is 10.0. The van der Waals surface area contributed by atoms with E-state index in [4.69, 9.17) is 0 Å². The first-order chi connectivity index (χ1) is 9.84. The quantitative estimate of drug-likeness (QED) is 0.450. The van der Waals surface area contributed by atoms with Crippen molar-refractivity contribution in [1.29, 1.82) is 0 Å². The minimum absolute atomic E-state index is 0.196. The first-order valence-corrected chi connectivity index (χ1v) is 8.96. The summed E-state index contributed by atoms with van der Waals surface area (Å²) in [6.07, 6.45) is 0. The van der Waals surface area contributed by atoms with Gasteiger partial charge in [0.25, 0.3) is 0 Å². The largest absolute Gasteiger partial charge is 0.288 e. The molecule has 0 aromatic heterocycles. The monoisotopic (exact) mass is 369 g/mol. The first kappa shape index (κ1) is 14.5. The van der Waals surface area contributed by atoms with Crippen LogP contribution in [-0.4, -0.2) is 41.0 Å². The molecule has 0 bridgehead atoms. The van der Waals surface area contributed by atoms with Gasteiger partial charge in [0.1, 0.15) is 4.83 Å². The number of carbonyl (C=O) groups is 2. The number of hydrogen-bond donors (Lipinski definition) is 0. The standard InChI is InChI=1S/C14H12BrNO4S/c1-8-7-21(19,20)14-10(15)13(18)16(14)11(8)12(17)9-5-3-2-4-6-9/h2-6,10,14H,7H2,1H3/t10?,14-/m1/s1. The van der Waals surface area contributed by atoms with E-state index in [1.807, 2.05) is 0 Å². The summed E-state index contributed by atoms with van der Waals surface area (Å²) < 4.78 is 24.3. The van der Waals surface area contributed by atoms with Crippen molar-refractivity contribution < 1.29 is 18.0 Å². The number of fused-ring (bicyclic) bond motifs is 1. The number of sulfone groups is 1. The van der Waals surface area contributed by atoms with E-state index in [0.717, 1.165) is 4.90 Å². The number of nitrogens with zero attached hydrogens (tertiary/aromatic N) is 1. The Kier molecular flexibility index (Phi) is 3.29. The van der Waals surface area contributed by atoms with E-state index in [9.17, 15) is 18.0 Å². The predicted molar refractivity (Wildman–Crippen MR) is 80.6 cm³/mol. The third kappa shape index (κ3) is 2.06. The van der Waals surface area contributed by atoms with E-state index < -0.39 is 20.0 Å². The van der Waals surface area contributed by atoms with Crippen LogP contribution in [0.2, 0.25) is 0 Å².